The highest BCUT2D eigenvalue weighted by atomic mass is 32.2. The summed E-state index contributed by atoms with van der Waals surface area (Å²) in [6.45, 7) is 4.19. The van der Waals surface area contributed by atoms with Gasteiger partial charge in [-0.3, -0.25) is 4.31 Å². The first-order valence-corrected chi connectivity index (χ1v) is 10.3. The Morgan fingerprint density at radius 1 is 1.04 bits per heavy atom. The number of aryl methyl sites for hydroxylation is 1. The molecule has 0 bridgehead atoms. The summed E-state index contributed by atoms with van der Waals surface area (Å²) in [7, 11) is -3.41. The van der Waals surface area contributed by atoms with Crippen molar-refractivity contribution >= 4 is 10.0 Å². The van der Waals surface area contributed by atoms with E-state index in [0.29, 0.717) is 4.90 Å². The summed E-state index contributed by atoms with van der Waals surface area (Å²) >= 11 is 0. The molecule has 1 aliphatic heterocycles. The van der Waals surface area contributed by atoms with Crippen LogP contribution >= 0.6 is 0 Å². The van der Waals surface area contributed by atoms with Crippen LogP contribution in [0.3, 0.4) is 0 Å². The van der Waals surface area contributed by atoms with Crippen molar-refractivity contribution in [3.8, 4) is 0 Å². The molecule has 1 heterocycles. The molecule has 0 saturated heterocycles. The third-order valence-corrected chi connectivity index (χ3v) is 6.35. The number of rotatable bonds is 9. The van der Waals surface area contributed by atoms with Crippen molar-refractivity contribution in [2.24, 2.45) is 0 Å². The Morgan fingerprint density at radius 3 is 2.39 bits per heavy atom. The molecule has 1 atom stereocenters. The summed E-state index contributed by atoms with van der Waals surface area (Å²) in [5, 5.41) is 0. The predicted molar refractivity (Wildman–Crippen MR) is 95.7 cm³/mol. The largest absolute Gasteiger partial charge is 0.270 e. The Kier molecular flexibility index (Phi) is 6.70. The van der Waals surface area contributed by atoms with E-state index in [9.17, 15) is 8.42 Å². The molecule has 0 amide bonds. The second kappa shape index (κ2) is 8.53. The van der Waals surface area contributed by atoms with Crippen molar-refractivity contribution in [3.05, 3.63) is 42.1 Å². The quantitative estimate of drug-likeness (QED) is 0.594. The second-order valence-corrected chi connectivity index (χ2v) is 8.32. The van der Waals surface area contributed by atoms with Gasteiger partial charge in [-0.2, -0.15) is 0 Å². The lowest BCUT2D eigenvalue weighted by atomic mass is 10.0. The first-order valence-electron chi connectivity index (χ1n) is 8.82. The molecule has 0 N–H and O–H groups in total. The zero-order valence-electron chi connectivity index (χ0n) is 14.4. The minimum atomic E-state index is -3.41. The lowest BCUT2D eigenvalue weighted by molar-refractivity contribution is 0.388. The van der Waals surface area contributed by atoms with E-state index in [1.807, 2.05) is 25.1 Å². The van der Waals surface area contributed by atoms with Crippen molar-refractivity contribution in [1.29, 1.82) is 0 Å². The Morgan fingerprint density at radius 2 is 1.70 bits per heavy atom. The summed E-state index contributed by atoms with van der Waals surface area (Å²) in [5.41, 5.74) is 1.07. The number of hydrogen-bond donors (Lipinski definition) is 0. The lowest BCUT2D eigenvalue weighted by Gasteiger charge is -2.25. The fourth-order valence-electron chi connectivity index (χ4n) is 3.06. The Hall–Kier alpha value is -1.29. The molecule has 0 saturated carbocycles. The molecule has 0 spiro atoms. The van der Waals surface area contributed by atoms with Gasteiger partial charge in [-0.1, -0.05) is 69.2 Å². The first kappa shape index (κ1) is 18.1. The van der Waals surface area contributed by atoms with E-state index in [1.165, 1.54) is 32.1 Å². The molecule has 0 aromatic heterocycles. The summed E-state index contributed by atoms with van der Waals surface area (Å²) in [4.78, 5) is 0.391. The molecular formula is C19H29NO2S. The number of hydrogen-bond acceptors (Lipinski definition) is 2. The molecule has 0 radical (unpaired) electrons. The number of benzene rings is 1. The molecule has 1 aliphatic rings. The van der Waals surface area contributed by atoms with Crippen molar-refractivity contribution in [3.63, 3.8) is 0 Å². The molecule has 128 valence electrons. The van der Waals surface area contributed by atoms with Crippen LogP contribution in [0, 0.1) is 6.92 Å². The van der Waals surface area contributed by atoms with Crippen molar-refractivity contribution in [2.45, 2.75) is 76.2 Å². The van der Waals surface area contributed by atoms with Crippen LogP contribution in [0.1, 0.15) is 63.9 Å². The normalized spacial score (nSPS) is 17.8. The van der Waals surface area contributed by atoms with Gasteiger partial charge < -0.3 is 0 Å². The second-order valence-electron chi connectivity index (χ2n) is 6.48. The van der Waals surface area contributed by atoms with E-state index in [2.05, 4.69) is 6.92 Å². The minimum Gasteiger partial charge on any atom is -0.270 e. The smallest absolute Gasteiger partial charge is 0.264 e. The first-order chi connectivity index (χ1) is 11.1. The van der Waals surface area contributed by atoms with Crippen LogP contribution < -0.4 is 0 Å². The zero-order chi connectivity index (χ0) is 16.7. The number of nitrogens with zero attached hydrogens (tertiary/aromatic N) is 1. The fourth-order valence-corrected chi connectivity index (χ4v) is 4.61. The molecule has 0 fully saturated rings. The Bertz CT molecular complexity index is 605. The molecule has 0 aliphatic carbocycles. The van der Waals surface area contributed by atoms with Gasteiger partial charge in [0.25, 0.3) is 10.0 Å². The van der Waals surface area contributed by atoms with E-state index >= 15 is 0 Å². The van der Waals surface area contributed by atoms with Crippen LogP contribution in [0.5, 0.6) is 0 Å². The Balaban J connectivity index is 1.92. The van der Waals surface area contributed by atoms with Crippen molar-refractivity contribution in [1.82, 2.24) is 4.31 Å². The predicted octanol–water partition coefficient (Wildman–Crippen LogP) is 5.02. The van der Waals surface area contributed by atoms with Gasteiger partial charge in [-0.25, -0.2) is 8.42 Å². The highest BCUT2D eigenvalue weighted by Crippen LogP contribution is 2.28. The minimum absolute atomic E-state index is 0.0903. The molecule has 2 rings (SSSR count). The number of sulfonamides is 1. The van der Waals surface area contributed by atoms with Crippen LogP contribution in [0.25, 0.3) is 0 Å². The van der Waals surface area contributed by atoms with E-state index in [1.54, 1.807) is 22.6 Å². The van der Waals surface area contributed by atoms with Gasteiger partial charge in [0.15, 0.2) is 0 Å². The van der Waals surface area contributed by atoms with Crippen molar-refractivity contribution in [2.75, 3.05) is 0 Å². The average Bonchev–Trinajstić information content (AvgIpc) is 3.00. The summed E-state index contributed by atoms with van der Waals surface area (Å²) in [6.07, 6.45) is 12.9. The van der Waals surface area contributed by atoms with Gasteiger partial charge in [-0.05, 0) is 31.9 Å². The van der Waals surface area contributed by atoms with E-state index < -0.39 is 10.0 Å². The van der Waals surface area contributed by atoms with Gasteiger partial charge in [0.05, 0.1) is 4.90 Å². The SMILES string of the molecule is CCCCCCCC[C@@H]1CC=CN1S(=O)(=O)c1ccc(C)cc1. The van der Waals surface area contributed by atoms with Crippen LogP contribution in [0.2, 0.25) is 0 Å². The van der Waals surface area contributed by atoms with E-state index in [4.69, 9.17) is 0 Å². The number of unbranched alkanes of at least 4 members (excludes halogenated alkanes) is 5. The van der Waals surface area contributed by atoms with Crippen LogP contribution in [-0.2, 0) is 10.0 Å². The highest BCUT2D eigenvalue weighted by Gasteiger charge is 2.30. The van der Waals surface area contributed by atoms with Gasteiger partial charge in [0.2, 0.25) is 0 Å². The maximum absolute atomic E-state index is 12.8. The molecule has 4 heteroatoms. The molecule has 3 nitrogen and oxygen atoms in total. The van der Waals surface area contributed by atoms with Gasteiger partial charge in [0, 0.05) is 12.2 Å². The molecule has 1 aromatic carbocycles. The van der Waals surface area contributed by atoms with Crippen LogP contribution in [-0.4, -0.2) is 18.8 Å². The highest BCUT2D eigenvalue weighted by molar-refractivity contribution is 7.89. The molecule has 23 heavy (non-hydrogen) atoms. The van der Waals surface area contributed by atoms with Gasteiger partial charge in [0.1, 0.15) is 0 Å². The summed E-state index contributed by atoms with van der Waals surface area (Å²) < 4.78 is 27.2. The monoisotopic (exact) mass is 335 g/mol. The average molecular weight is 336 g/mol. The molecular weight excluding hydrogens is 306 g/mol. The van der Waals surface area contributed by atoms with Crippen molar-refractivity contribution < 1.29 is 8.42 Å². The molecule has 0 unspecified atom stereocenters. The fraction of sp³-hybridized carbons (Fsp3) is 0.579. The van der Waals surface area contributed by atoms with E-state index in [0.717, 1.165) is 24.8 Å². The summed E-state index contributed by atoms with van der Waals surface area (Å²) in [5.74, 6) is 0. The van der Waals surface area contributed by atoms with Gasteiger partial charge >= 0.3 is 0 Å². The topological polar surface area (TPSA) is 37.4 Å². The Labute approximate surface area is 141 Å². The third-order valence-electron chi connectivity index (χ3n) is 4.51. The third kappa shape index (κ3) is 4.84. The van der Waals surface area contributed by atoms with Gasteiger partial charge in [-0.15, -0.1) is 0 Å². The van der Waals surface area contributed by atoms with E-state index in [-0.39, 0.29) is 6.04 Å². The molecule has 1 aromatic rings. The maximum atomic E-state index is 12.8. The standard InChI is InChI=1S/C19H29NO2S/c1-3-4-5-6-7-8-10-18-11-9-16-20(18)23(21,22)19-14-12-17(2)13-15-19/h9,12-16,18H,3-8,10-11H2,1-2H3/t18-/m1/s1. The van der Waals surface area contributed by atoms with Crippen LogP contribution in [0.15, 0.2) is 41.4 Å². The zero-order valence-corrected chi connectivity index (χ0v) is 15.2. The lowest BCUT2D eigenvalue weighted by Crippen LogP contribution is -2.32. The maximum Gasteiger partial charge on any atom is 0.264 e. The summed E-state index contributed by atoms with van der Waals surface area (Å²) in [6, 6.07) is 7.22. The van der Waals surface area contributed by atoms with Crippen LogP contribution in [0.4, 0.5) is 0 Å².